The van der Waals surface area contributed by atoms with Crippen molar-refractivity contribution in [2.45, 2.75) is 5.03 Å². The summed E-state index contributed by atoms with van der Waals surface area (Å²) in [6.45, 7) is 0. The van der Waals surface area contributed by atoms with Crippen molar-refractivity contribution in [2.24, 2.45) is 0 Å². The molecule has 1 N–H and O–H groups in total. The van der Waals surface area contributed by atoms with Gasteiger partial charge in [-0.25, -0.2) is 0 Å². The van der Waals surface area contributed by atoms with Gasteiger partial charge < -0.3 is 4.98 Å². The molecule has 0 atom stereocenters. The third kappa shape index (κ3) is 1.82. The van der Waals surface area contributed by atoms with Crippen LogP contribution in [-0.2, 0) is 14.4 Å². The number of benzene rings is 1. The lowest BCUT2D eigenvalue weighted by Gasteiger charge is -2.11. The fourth-order valence-electron chi connectivity index (χ4n) is 1.84. The SMILES string of the molecule is O=C1c2ccccc2C(=O)N1OS(=O)(=O)c1ccc[nH]1. The Bertz CT molecular complexity index is 760. The average Bonchev–Trinajstić information content (AvgIpc) is 3.04. The Kier molecular flexibility index (Phi) is 2.70. The lowest BCUT2D eigenvalue weighted by atomic mass is 10.1. The third-order valence-electron chi connectivity index (χ3n) is 2.77. The van der Waals surface area contributed by atoms with E-state index in [4.69, 9.17) is 0 Å². The summed E-state index contributed by atoms with van der Waals surface area (Å²) in [6, 6.07) is 8.73. The van der Waals surface area contributed by atoms with Gasteiger partial charge in [-0.05, 0) is 24.3 Å². The van der Waals surface area contributed by atoms with Crippen molar-refractivity contribution in [2.75, 3.05) is 0 Å². The van der Waals surface area contributed by atoms with Gasteiger partial charge in [0, 0.05) is 6.20 Å². The molecule has 3 rings (SSSR count). The first-order valence-electron chi connectivity index (χ1n) is 5.56. The summed E-state index contributed by atoms with van der Waals surface area (Å²) in [5.74, 6) is -1.61. The normalized spacial score (nSPS) is 14.7. The molecule has 0 saturated heterocycles. The predicted molar refractivity (Wildman–Crippen MR) is 66.0 cm³/mol. The second-order valence-corrected chi connectivity index (χ2v) is 5.51. The molecule has 0 aliphatic carbocycles. The first-order chi connectivity index (χ1) is 9.50. The molecule has 0 saturated carbocycles. The van der Waals surface area contributed by atoms with E-state index in [2.05, 4.69) is 9.27 Å². The van der Waals surface area contributed by atoms with Crippen LogP contribution in [0.3, 0.4) is 0 Å². The minimum atomic E-state index is -4.26. The standard InChI is InChI=1S/C12H8N2O5S/c15-11-8-4-1-2-5-9(8)12(16)14(11)19-20(17,18)10-6-3-7-13-10/h1-7,13H. The van der Waals surface area contributed by atoms with Crippen LogP contribution in [-0.4, -0.2) is 30.3 Å². The Morgan fingerprint density at radius 2 is 1.55 bits per heavy atom. The number of aromatic amines is 1. The highest BCUT2D eigenvalue weighted by molar-refractivity contribution is 7.86. The van der Waals surface area contributed by atoms with E-state index in [1.807, 2.05) is 0 Å². The Morgan fingerprint density at radius 1 is 0.950 bits per heavy atom. The summed E-state index contributed by atoms with van der Waals surface area (Å²) in [6.07, 6.45) is 1.39. The minimum Gasteiger partial charge on any atom is -0.350 e. The van der Waals surface area contributed by atoms with Crippen LogP contribution >= 0.6 is 0 Å². The van der Waals surface area contributed by atoms with Gasteiger partial charge in [-0.3, -0.25) is 9.59 Å². The van der Waals surface area contributed by atoms with E-state index in [-0.39, 0.29) is 21.2 Å². The number of fused-ring (bicyclic) bond motifs is 1. The molecule has 7 nitrogen and oxygen atoms in total. The van der Waals surface area contributed by atoms with Crippen LogP contribution in [0.2, 0.25) is 0 Å². The molecule has 0 radical (unpaired) electrons. The molecule has 20 heavy (non-hydrogen) atoms. The maximum absolute atomic E-state index is 12.0. The van der Waals surface area contributed by atoms with Crippen LogP contribution in [0.15, 0.2) is 47.6 Å². The fourth-order valence-corrected chi connectivity index (χ4v) is 2.71. The van der Waals surface area contributed by atoms with Crippen LogP contribution < -0.4 is 0 Å². The van der Waals surface area contributed by atoms with E-state index in [0.29, 0.717) is 0 Å². The van der Waals surface area contributed by atoms with Crippen molar-refractivity contribution in [3.8, 4) is 0 Å². The van der Waals surface area contributed by atoms with Gasteiger partial charge in [0.15, 0.2) is 5.03 Å². The number of rotatable bonds is 3. The van der Waals surface area contributed by atoms with Crippen molar-refractivity contribution in [3.63, 3.8) is 0 Å². The van der Waals surface area contributed by atoms with Gasteiger partial charge in [0.25, 0.3) is 11.8 Å². The molecular formula is C12H8N2O5S. The Labute approximate surface area is 113 Å². The number of hydrogen-bond donors (Lipinski definition) is 1. The molecular weight excluding hydrogens is 284 g/mol. The molecule has 2 amide bonds. The number of nitrogens with one attached hydrogen (secondary N) is 1. The quantitative estimate of drug-likeness (QED) is 0.849. The van der Waals surface area contributed by atoms with Gasteiger partial charge in [0.2, 0.25) is 0 Å². The molecule has 1 aromatic heterocycles. The molecule has 0 bridgehead atoms. The Morgan fingerprint density at radius 3 is 2.05 bits per heavy atom. The lowest BCUT2D eigenvalue weighted by Crippen LogP contribution is -2.32. The van der Waals surface area contributed by atoms with Gasteiger partial charge >= 0.3 is 10.1 Å². The molecule has 0 unspecified atom stereocenters. The second kappa shape index (κ2) is 4.29. The monoisotopic (exact) mass is 292 g/mol. The van der Waals surface area contributed by atoms with Gasteiger partial charge in [-0.1, -0.05) is 12.1 Å². The van der Waals surface area contributed by atoms with Crippen molar-refractivity contribution in [3.05, 3.63) is 53.7 Å². The number of carbonyl (C=O) groups is 2. The number of amides is 2. The van der Waals surface area contributed by atoms with Crippen molar-refractivity contribution in [1.82, 2.24) is 10.0 Å². The second-order valence-electron chi connectivity index (χ2n) is 4.01. The Hall–Kier alpha value is -2.45. The number of hydrogen-bond acceptors (Lipinski definition) is 5. The number of hydroxylamine groups is 2. The smallest absolute Gasteiger partial charge is 0.333 e. The fraction of sp³-hybridized carbons (Fsp3) is 0. The average molecular weight is 292 g/mol. The van der Waals surface area contributed by atoms with Crippen LogP contribution in [0.25, 0.3) is 0 Å². The van der Waals surface area contributed by atoms with E-state index in [1.165, 1.54) is 30.5 Å². The number of carbonyl (C=O) groups excluding carboxylic acids is 2. The van der Waals surface area contributed by atoms with E-state index in [9.17, 15) is 18.0 Å². The van der Waals surface area contributed by atoms with Crippen LogP contribution in [0.4, 0.5) is 0 Å². The zero-order chi connectivity index (χ0) is 14.3. The van der Waals surface area contributed by atoms with Gasteiger partial charge in [-0.15, -0.1) is 9.35 Å². The number of nitrogens with zero attached hydrogens (tertiary/aromatic N) is 1. The number of aromatic nitrogens is 1. The summed E-state index contributed by atoms with van der Waals surface area (Å²) in [5.41, 5.74) is 0.221. The summed E-state index contributed by atoms with van der Waals surface area (Å²) in [4.78, 5) is 26.4. The first kappa shape index (κ1) is 12.6. The van der Waals surface area contributed by atoms with E-state index >= 15 is 0 Å². The topological polar surface area (TPSA) is 96.5 Å². The molecule has 2 heterocycles. The third-order valence-corrected chi connectivity index (χ3v) is 3.91. The van der Waals surface area contributed by atoms with E-state index in [1.54, 1.807) is 12.1 Å². The summed E-state index contributed by atoms with van der Waals surface area (Å²) >= 11 is 0. The van der Waals surface area contributed by atoms with Crippen LogP contribution in [0, 0.1) is 0 Å². The molecule has 1 aromatic carbocycles. The number of imide groups is 1. The van der Waals surface area contributed by atoms with Crippen molar-refractivity contribution >= 4 is 21.9 Å². The number of H-pyrrole nitrogens is 1. The molecule has 102 valence electrons. The highest BCUT2D eigenvalue weighted by Gasteiger charge is 2.40. The summed E-state index contributed by atoms with van der Waals surface area (Å²) in [5, 5.41) is 0.00922. The molecule has 1 aliphatic rings. The van der Waals surface area contributed by atoms with Crippen LogP contribution in [0.5, 0.6) is 0 Å². The largest absolute Gasteiger partial charge is 0.350 e. The minimum absolute atomic E-state index is 0.110. The maximum atomic E-state index is 12.0. The highest BCUT2D eigenvalue weighted by Crippen LogP contribution is 2.24. The Balaban J connectivity index is 1.95. The van der Waals surface area contributed by atoms with Crippen molar-refractivity contribution < 1.29 is 22.3 Å². The zero-order valence-electron chi connectivity index (χ0n) is 9.94. The van der Waals surface area contributed by atoms with Gasteiger partial charge in [0.1, 0.15) is 0 Å². The zero-order valence-corrected chi connectivity index (χ0v) is 10.8. The lowest BCUT2D eigenvalue weighted by molar-refractivity contribution is -0.0105. The van der Waals surface area contributed by atoms with Gasteiger partial charge in [0.05, 0.1) is 11.1 Å². The maximum Gasteiger partial charge on any atom is 0.333 e. The van der Waals surface area contributed by atoms with E-state index in [0.717, 1.165) is 0 Å². The molecule has 8 heteroatoms. The summed E-state index contributed by atoms with van der Waals surface area (Å²) < 4.78 is 28.4. The van der Waals surface area contributed by atoms with E-state index < -0.39 is 21.9 Å². The highest BCUT2D eigenvalue weighted by atomic mass is 32.2. The predicted octanol–water partition coefficient (Wildman–Crippen LogP) is 0.931. The molecule has 0 fully saturated rings. The van der Waals surface area contributed by atoms with Crippen molar-refractivity contribution in [1.29, 1.82) is 0 Å². The van der Waals surface area contributed by atoms with Crippen LogP contribution in [0.1, 0.15) is 20.7 Å². The molecule has 0 spiro atoms. The molecule has 1 aliphatic heterocycles. The summed E-state index contributed by atoms with van der Waals surface area (Å²) in [7, 11) is -4.26. The van der Waals surface area contributed by atoms with Gasteiger partial charge in [-0.2, -0.15) is 8.42 Å². The first-order valence-corrected chi connectivity index (χ1v) is 6.97. The molecule has 2 aromatic rings.